The Kier molecular flexibility index (Phi) is 4.60. The topological polar surface area (TPSA) is 41.1 Å². The number of hydrogen-bond acceptors (Lipinski definition) is 5. The molecule has 0 spiro atoms. The summed E-state index contributed by atoms with van der Waals surface area (Å²) < 4.78 is 0. The van der Waals surface area contributed by atoms with Crippen LogP contribution in [0.15, 0.2) is 17.5 Å². The van der Waals surface area contributed by atoms with Crippen LogP contribution in [0.4, 0.5) is 11.6 Å². The predicted octanol–water partition coefficient (Wildman–Crippen LogP) is 3.65. The molecule has 0 fully saturated rings. The minimum atomic E-state index is 0.304. The van der Waals surface area contributed by atoms with Crippen LogP contribution in [0.25, 0.3) is 0 Å². The standard InChI is InChI=1S/C15H22N4S/c1-6-13-17-14(16-4)10(2)15(18-13)19(5)11(3)12-8-7-9-20-12/h7-9,11H,6H2,1-5H3,(H,16,17,18). The van der Waals surface area contributed by atoms with E-state index >= 15 is 0 Å². The Hall–Kier alpha value is -1.62. The zero-order valence-corrected chi connectivity index (χ0v) is 13.6. The molecule has 20 heavy (non-hydrogen) atoms. The molecule has 0 radical (unpaired) electrons. The Bertz CT molecular complexity index is 566. The van der Waals surface area contributed by atoms with E-state index in [1.165, 1.54) is 4.88 Å². The lowest BCUT2D eigenvalue weighted by Gasteiger charge is -2.27. The van der Waals surface area contributed by atoms with Gasteiger partial charge in [-0.05, 0) is 25.3 Å². The van der Waals surface area contributed by atoms with Gasteiger partial charge in [-0.3, -0.25) is 0 Å². The van der Waals surface area contributed by atoms with Crippen LogP contribution >= 0.6 is 11.3 Å². The van der Waals surface area contributed by atoms with Crippen LogP contribution in [0.3, 0.4) is 0 Å². The zero-order valence-electron chi connectivity index (χ0n) is 12.8. The number of nitrogens with zero attached hydrogens (tertiary/aromatic N) is 3. The normalized spacial score (nSPS) is 12.2. The summed E-state index contributed by atoms with van der Waals surface area (Å²) in [5.74, 6) is 2.79. The van der Waals surface area contributed by atoms with Crippen LogP contribution in [0.5, 0.6) is 0 Å². The van der Waals surface area contributed by atoms with Crippen LogP contribution in [0, 0.1) is 6.92 Å². The fourth-order valence-corrected chi connectivity index (χ4v) is 3.02. The van der Waals surface area contributed by atoms with Crippen LogP contribution in [-0.2, 0) is 6.42 Å². The van der Waals surface area contributed by atoms with Gasteiger partial charge in [0.2, 0.25) is 0 Å². The van der Waals surface area contributed by atoms with Gasteiger partial charge in [-0.1, -0.05) is 13.0 Å². The van der Waals surface area contributed by atoms with E-state index in [4.69, 9.17) is 4.98 Å². The van der Waals surface area contributed by atoms with E-state index in [0.29, 0.717) is 6.04 Å². The number of nitrogens with one attached hydrogen (secondary N) is 1. The molecule has 1 atom stereocenters. The molecule has 1 unspecified atom stereocenters. The number of thiophene rings is 1. The minimum Gasteiger partial charge on any atom is -0.373 e. The Labute approximate surface area is 124 Å². The molecule has 2 rings (SSSR count). The van der Waals surface area contributed by atoms with E-state index in [1.54, 1.807) is 11.3 Å². The minimum absolute atomic E-state index is 0.304. The molecule has 0 aliphatic carbocycles. The van der Waals surface area contributed by atoms with Crippen molar-refractivity contribution in [3.05, 3.63) is 33.8 Å². The van der Waals surface area contributed by atoms with Gasteiger partial charge in [0, 0.05) is 31.0 Å². The first-order chi connectivity index (χ1) is 9.58. The first kappa shape index (κ1) is 14.8. The maximum atomic E-state index is 4.71. The number of anilines is 2. The molecule has 2 heterocycles. The fourth-order valence-electron chi connectivity index (χ4n) is 2.20. The van der Waals surface area contributed by atoms with Gasteiger partial charge in [0.05, 0.1) is 6.04 Å². The van der Waals surface area contributed by atoms with Gasteiger partial charge in [0.1, 0.15) is 17.5 Å². The van der Waals surface area contributed by atoms with Crippen molar-refractivity contribution in [2.45, 2.75) is 33.2 Å². The summed E-state index contributed by atoms with van der Waals surface area (Å²) in [6.45, 7) is 6.35. The van der Waals surface area contributed by atoms with Crippen molar-refractivity contribution in [1.29, 1.82) is 0 Å². The SMILES string of the molecule is CCc1nc(NC)c(C)c(N(C)C(C)c2cccs2)n1. The molecule has 108 valence electrons. The van der Waals surface area contributed by atoms with Crippen LogP contribution in [0.1, 0.15) is 36.2 Å². The summed E-state index contributed by atoms with van der Waals surface area (Å²) in [6.07, 6.45) is 0.836. The van der Waals surface area contributed by atoms with Crippen LogP contribution < -0.4 is 10.2 Å². The number of aryl methyl sites for hydroxylation is 1. The van der Waals surface area contributed by atoms with Crippen molar-refractivity contribution in [3.63, 3.8) is 0 Å². The molecule has 2 aromatic rings. The molecule has 1 N–H and O–H groups in total. The van der Waals surface area contributed by atoms with Gasteiger partial charge in [-0.25, -0.2) is 9.97 Å². The first-order valence-corrected chi connectivity index (χ1v) is 7.77. The highest BCUT2D eigenvalue weighted by molar-refractivity contribution is 7.10. The van der Waals surface area contributed by atoms with Gasteiger partial charge >= 0.3 is 0 Å². The molecule has 5 heteroatoms. The van der Waals surface area contributed by atoms with Crippen LogP contribution in [-0.4, -0.2) is 24.1 Å². The highest BCUT2D eigenvalue weighted by atomic mass is 32.1. The molecule has 0 aliphatic heterocycles. The average molecular weight is 290 g/mol. The molecule has 0 aliphatic rings. The highest BCUT2D eigenvalue weighted by Gasteiger charge is 2.19. The summed E-state index contributed by atoms with van der Waals surface area (Å²) in [5.41, 5.74) is 1.09. The van der Waals surface area contributed by atoms with E-state index in [2.05, 4.69) is 60.5 Å². The van der Waals surface area contributed by atoms with Crippen molar-refractivity contribution < 1.29 is 0 Å². The summed E-state index contributed by atoms with van der Waals surface area (Å²) in [7, 11) is 4.00. The summed E-state index contributed by atoms with van der Waals surface area (Å²) in [4.78, 5) is 12.8. The third kappa shape index (κ3) is 2.77. The number of hydrogen-bond donors (Lipinski definition) is 1. The Balaban J connectivity index is 2.40. The van der Waals surface area contributed by atoms with Crippen molar-refractivity contribution in [2.75, 3.05) is 24.3 Å². The van der Waals surface area contributed by atoms with E-state index in [0.717, 1.165) is 29.4 Å². The molecular weight excluding hydrogens is 268 g/mol. The van der Waals surface area contributed by atoms with Crippen molar-refractivity contribution in [1.82, 2.24) is 9.97 Å². The lowest BCUT2D eigenvalue weighted by Crippen LogP contribution is -2.24. The van der Waals surface area contributed by atoms with E-state index < -0.39 is 0 Å². The zero-order chi connectivity index (χ0) is 14.7. The van der Waals surface area contributed by atoms with Gasteiger partial charge in [0.25, 0.3) is 0 Å². The predicted molar refractivity (Wildman–Crippen MR) is 86.8 cm³/mol. The number of aromatic nitrogens is 2. The largest absolute Gasteiger partial charge is 0.373 e. The monoisotopic (exact) mass is 290 g/mol. The molecule has 0 aromatic carbocycles. The molecule has 0 saturated heterocycles. The van der Waals surface area contributed by atoms with Gasteiger partial charge in [0.15, 0.2) is 0 Å². The van der Waals surface area contributed by atoms with Gasteiger partial charge in [-0.15, -0.1) is 11.3 Å². The van der Waals surface area contributed by atoms with Crippen LogP contribution in [0.2, 0.25) is 0 Å². The lowest BCUT2D eigenvalue weighted by atomic mass is 10.2. The molecule has 4 nitrogen and oxygen atoms in total. The van der Waals surface area contributed by atoms with Gasteiger partial charge < -0.3 is 10.2 Å². The Morgan fingerprint density at radius 3 is 2.70 bits per heavy atom. The smallest absolute Gasteiger partial charge is 0.137 e. The molecule has 0 amide bonds. The Morgan fingerprint density at radius 2 is 2.15 bits per heavy atom. The Morgan fingerprint density at radius 1 is 1.40 bits per heavy atom. The second-order valence-corrected chi connectivity index (χ2v) is 5.82. The van der Waals surface area contributed by atoms with Crippen molar-refractivity contribution in [3.8, 4) is 0 Å². The molecule has 0 saturated carbocycles. The summed E-state index contributed by atoms with van der Waals surface area (Å²) in [6, 6.07) is 4.56. The highest BCUT2D eigenvalue weighted by Crippen LogP contribution is 2.31. The van der Waals surface area contributed by atoms with E-state index in [-0.39, 0.29) is 0 Å². The second-order valence-electron chi connectivity index (χ2n) is 4.84. The first-order valence-electron chi connectivity index (χ1n) is 6.90. The lowest BCUT2D eigenvalue weighted by molar-refractivity contribution is 0.731. The third-order valence-corrected chi connectivity index (χ3v) is 4.63. The summed E-state index contributed by atoms with van der Waals surface area (Å²) >= 11 is 1.78. The van der Waals surface area contributed by atoms with E-state index in [9.17, 15) is 0 Å². The van der Waals surface area contributed by atoms with E-state index in [1.807, 2.05) is 7.05 Å². The summed E-state index contributed by atoms with van der Waals surface area (Å²) in [5, 5.41) is 5.28. The maximum absolute atomic E-state index is 4.71. The second kappa shape index (κ2) is 6.22. The molecule has 2 aromatic heterocycles. The fraction of sp³-hybridized carbons (Fsp3) is 0.467. The van der Waals surface area contributed by atoms with Crippen molar-refractivity contribution >= 4 is 23.0 Å². The molecule has 0 bridgehead atoms. The van der Waals surface area contributed by atoms with Crippen molar-refractivity contribution in [2.24, 2.45) is 0 Å². The average Bonchev–Trinajstić information content (AvgIpc) is 3.00. The van der Waals surface area contributed by atoms with Gasteiger partial charge in [-0.2, -0.15) is 0 Å². The quantitative estimate of drug-likeness (QED) is 0.912. The maximum Gasteiger partial charge on any atom is 0.137 e. The molecular formula is C15H22N4S. The number of rotatable bonds is 5. The third-order valence-electron chi connectivity index (χ3n) is 3.59.